The van der Waals surface area contributed by atoms with Crippen LogP contribution in [0.25, 0.3) is 5.69 Å². The Hall–Kier alpha value is -2.63. The monoisotopic (exact) mass is 367 g/mol. The molecule has 2 aliphatic carbocycles. The number of rotatable bonds is 4. The number of carbonyl (C=O) groups excluding carboxylic acids is 1. The summed E-state index contributed by atoms with van der Waals surface area (Å²) in [5.41, 5.74) is 0.947. The zero-order valence-electron chi connectivity index (χ0n) is 15.7. The van der Waals surface area contributed by atoms with Gasteiger partial charge in [-0.1, -0.05) is 18.6 Å². The van der Waals surface area contributed by atoms with Crippen LogP contribution in [0.15, 0.2) is 35.1 Å². The Morgan fingerprint density at radius 3 is 2.78 bits per heavy atom. The van der Waals surface area contributed by atoms with E-state index in [1.165, 1.54) is 19.3 Å². The van der Waals surface area contributed by atoms with Crippen LogP contribution in [-0.2, 0) is 0 Å². The maximum atomic E-state index is 12.8. The SMILES string of the molecule is Cc1cccc(-n2nc(C(=O)NC(C)C3CC4CCC3C4)c(O)cc2=O)c1. The second-order valence-electron chi connectivity index (χ2n) is 8.07. The second-order valence-corrected chi connectivity index (χ2v) is 8.07. The highest BCUT2D eigenvalue weighted by Crippen LogP contribution is 2.49. The van der Waals surface area contributed by atoms with Gasteiger partial charge >= 0.3 is 0 Å². The van der Waals surface area contributed by atoms with E-state index in [2.05, 4.69) is 10.4 Å². The van der Waals surface area contributed by atoms with Gasteiger partial charge < -0.3 is 10.4 Å². The van der Waals surface area contributed by atoms with Crippen molar-refractivity contribution in [3.05, 3.63) is 51.9 Å². The first-order valence-electron chi connectivity index (χ1n) is 9.63. The Kier molecular flexibility index (Phi) is 4.50. The number of aromatic nitrogens is 2. The van der Waals surface area contributed by atoms with E-state index in [0.29, 0.717) is 17.5 Å². The van der Waals surface area contributed by atoms with E-state index in [9.17, 15) is 14.7 Å². The van der Waals surface area contributed by atoms with Gasteiger partial charge in [-0.25, -0.2) is 0 Å². The number of benzene rings is 1. The highest BCUT2D eigenvalue weighted by atomic mass is 16.3. The molecule has 27 heavy (non-hydrogen) atoms. The number of nitrogens with zero attached hydrogens (tertiary/aromatic N) is 2. The molecule has 4 rings (SSSR count). The third-order valence-electron chi connectivity index (χ3n) is 6.17. The summed E-state index contributed by atoms with van der Waals surface area (Å²) in [6.07, 6.45) is 4.99. The fourth-order valence-electron chi connectivity index (χ4n) is 4.84. The zero-order chi connectivity index (χ0) is 19.1. The van der Waals surface area contributed by atoms with Crippen LogP contribution in [0.1, 0.15) is 48.7 Å². The smallest absolute Gasteiger partial charge is 0.275 e. The van der Waals surface area contributed by atoms with Crippen molar-refractivity contribution >= 4 is 5.91 Å². The summed E-state index contributed by atoms with van der Waals surface area (Å²) in [5, 5.41) is 17.3. The molecule has 2 aromatic rings. The Labute approximate surface area is 158 Å². The van der Waals surface area contributed by atoms with Crippen LogP contribution in [-0.4, -0.2) is 26.8 Å². The molecule has 1 aromatic heterocycles. The summed E-state index contributed by atoms with van der Waals surface area (Å²) < 4.78 is 1.16. The van der Waals surface area contributed by atoms with Crippen molar-refractivity contribution in [3.63, 3.8) is 0 Å². The fraction of sp³-hybridized carbons (Fsp3) is 0.476. The molecule has 0 saturated heterocycles. The molecule has 0 aliphatic heterocycles. The van der Waals surface area contributed by atoms with Crippen LogP contribution in [0, 0.1) is 24.7 Å². The van der Waals surface area contributed by atoms with Gasteiger partial charge in [-0.15, -0.1) is 0 Å². The van der Waals surface area contributed by atoms with Crippen molar-refractivity contribution in [1.82, 2.24) is 15.1 Å². The molecule has 1 aromatic carbocycles. The van der Waals surface area contributed by atoms with Crippen molar-refractivity contribution in [3.8, 4) is 11.4 Å². The summed E-state index contributed by atoms with van der Waals surface area (Å²) >= 11 is 0. The van der Waals surface area contributed by atoms with Gasteiger partial charge in [0, 0.05) is 12.1 Å². The number of hydrogen-bond donors (Lipinski definition) is 2. The number of carbonyl (C=O) groups is 1. The molecule has 2 fully saturated rings. The number of hydrogen-bond acceptors (Lipinski definition) is 4. The van der Waals surface area contributed by atoms with Crippen molar-refractivity contribution in [1.29, 1.82) is 0 Å². The van der Waals surface area contributed by atoms with E-state index in [-0.39, 0.29) is 17.5 Å². The van der Waals surface area contributed by atoms with Crippen LogP contribution in [0.2, 0.25) is 0 Å². The number of amides is 1. The number of aryl methyl sites for hydroxylation is 1. The van der Waals surface area contributed by atoms with Crippen molar-refractivity contribution < 1.29 is 9.90 Å². The quantitative estimate of drug-likeness (QED) is 0.870. The summed E-state index contributed by atoms with van der Waals surface area (Å²) in [6, 6.07) is 8.37. The van der Waals surface area contributed by atoms with E-state index < -0.39 is 11.5 Å². The highest BCUT2D eigenvalue weighted by molar-refractivity contribution is 5.94. The third kappa shape index (κ3) is 3.36. The third-order valence-corrected chi connectivity index (χ3v) is 6.17. The fourth-order valence-corrected chi connectivity index (χ4v) is 4.84. The minimum atomic E-state index is -0.476. The van der Waals surface area contributed by atoms with Gasteiger partial charge in [-0.2, -0.15) is 9.78 Å². The average molecular weight is 367 g/mol. The van der Waals surface area contributed by atoms with E-state index in [1.807, 2.05) is 32.0 Å². The molecule has 4 atom stereocenters. The number of aromatic hydroxyl groups is 1. The number of nitrogens with one attached hydrogen (secondary N) is 1. The van der Waals surface area contributed by atoms with Gasteiger partial charge in [0.2, 0.25) is 0 Å². The summed E-state index contributed by atoms with van der Waals surface area (Å²) in [5.74, 6) is 1.14. The lowest BCUT2D eigenvalue weighted by atomic mass is 9.84. The predicted molar refractivity (Wildman–Crippen MR) is 102 cm³/mol. The van der Waals surface area contributed by atoms with Crippen LogP contribution >= 0.6 is 0 Å². The topological polar surface area (TPSA) is 84.2 Å². The molecule has 1 heterocycles. The second kappa shape index (κ2) is 6.83. The highest BCUT2D eigenvalue weighted by Gasteiger charge is 2.42. The molecule has 6 heteroatoms. The molecule has 0 radical (unpaired) electrons. The zero-order valence-corrected chi connectivity index (χ0v) is 15.7. The van der Waals surface area contributed by atoms with E-state index >= 15 is 0 Å². The molecule has 2 saturated carbocycles. The molecule has 142 valence electrons. The van der Waals surface area contributed by atoms with Crippen molar-refractivity contribution in [2.24, 2.45) is 17.8 Å². The Balaban J connectivity index is 1.58. The van der Waals surface area contributed by atoms with Crippen molar-refractivity contribution in [2.45, 2.75) is 45.6 Å². The van der Waals surface area contributed by atoms with Crippen molar-refractivity contribution in [2.75, 3.05) is 0 Å². The summed E-state index contributed by atoms with van der Waals surface area (Å²) in [4.78, 5) is 25.0. The predicted octanol–water partition coefficient (Wildman–Crippen LogP) is 2.80. The first-order chi connectivity index (χ1) is 12.9. The summed E-state index contributed by atoms with van der Waals surface area (Å²) in [7, 11) is 0. The van der Waals surface area contributed by atoms with Gasteiger partial charge in [0.05, 0.1) is 5.69 Å². The molecule has 0 spiro atoms. The first kappa shape index (κ1) is 17.8. The van der Waals surface area contributed by atoms with Gasteiger partial charge in [-0.3, -0.25) is 9.59 Å². The van der Waals surface area contributed by atoms with Crippen LogP contribution in [0.5, 0.6) is 5.75 Å². The molecular weight excluding hydrogens is 342 g/mol. The Morgan fingerprint density at radius 1 is 1.30 bits per heavy atom. The molecule has 2 aliphatic rings. The lowest BCUT2D eigenvalue weighted by molar-refractivity contribution is 0.0905. The maximum absolute atomic E-state index is 12.8. The van der Waals surface area contributed by atoms with Gasteiger partial charge in [0.15, 0.2) is 11.4 Å². The van der Waals surface area contributed by atoms with E-state index in [1.54, 1.807) is 6.07 Å². The van der Waals surface area contributed by atoms with Crippen LogP contribution in [0.4, 0.5) is 0 Å². The number of fused-ring (bicyclic) bond motifs is 2. The standard InChI is InChI=1S/C21H25N3O3/c1-12-4-3-5-16(8-12)24-19(26)11-18(25)20(23-24)21(27)22-13(2)17-10-14-6-7-15(17)9-14/h3-5,8,11,13-15,17,25H,6-7,9-10H2,1-2H3,(H,22,27). The molecule has 2 bridgehead atoms. The molecule has 4 unspecified atom stereocenters. The average Bonchev–Trinajstić information content (AvgIpc) is 3.25. The van der Waals surface area contributed by atoms with Gasteiger partial charge in [0.1, 0.15) is 0 Å². The molecule has 6 nitrogen and oxygen atoms in total. The Morgan fingerprint density at radius 2 is 2.11 bits per heavy atom. The minimum Gasteiger partial charge on any atom is -0.505 e. The lowest BCUT2D eigenvalue weighted by Gasteiger charge is -2.28. The van der Waals surface area contributed by atoms with Gasteiger partial charge in [0.25, 0.3) is 11.5 Å². The van der Waals surface area contributed by atoms with Crippen LogP contribution < -0.4 is 10.9 Å². The Bertz CT molecular complexity index is 937. The molecule has 1 amide bonds. The van der Waals surface area contributed by atoms with E-state index in [0.717, 1.165) is 28.7 Å². The lowest BCUT2D eigenvalue weighted by Crippen LogP contribution is -2.41. The van der Waals surface area contributed by atoms with Gasteiger partial charge in [-0.05, 0) is 68.6 Å². The molecule has 2 N–H and O–H groups in total. The molecular formula is C21H25N3O3. The maximum Gasteiger partial charge on any atom is 0.275 e. The van der Waals surface area contributed by atoms with Crippen LogP contribution in [0.3, 0.4) is 0 Å². The summed E-state index contributed by atoms with van der Waals surface area (Å²) in [6.45, 7) is 3.94. The normalized spacial score (nSPS) is 24.7. The first-order valence-corrected chi connectivity index (χ1v) is 9.63. The minimum absolute atomic E-state index is 0.0216. The van der Waals surface area contributed by atoms with E-state index in [4.69, 9.17) is 0 Å². The largest absolute Gasteiger partial charge is 0.505 e.